The largest absolute Gasteiger partial charge is 0.456 e. The van der Waals surface area contributed by atoms with E-state index in [0.29, 0.717) is 0 Å². The number of nitrogens with zero attached hydrogens (tertiary/aromatic N) is 2. The highest BCUT2D eigenvalue weighted by molar-refractivity contribution is 6.19. The van der Waals surface area contributed by atoms with Gasteiger partial charge in [0.25, 0.3) is 0 Å². The Morgan fingerprint density at radius 2 is 0.789 bits per heavy atom. The highest BCUT2D eigenvalue weighted by Gasteiger charge is 2.22. The van der Waals surface area contributed by atoms with Gasteiger partial charge in [-0.05, 0) is 94.0 Å². The van der Waals surface area contributed by atoms with Gasteiger partial charge in [0.2, 0.25) is 0 Å². The molecule has 0 saturated carbocycles. The second-order valence-electron chi connectivity index (χ2n) is 14.8. The number of hydrogen-bond acceptors (Lipinski definition) is 1. The topological polar surface area (TPSA) is 23.0 Å². The standard InChI is InChI=1S/C54H34N2O/c1-3-15-35(16-4-1)39-22-13-23-40(36-17-5-2-6-18-36)53(39)44-24-14-27-50-54(44)43-21-8-11-26-48(43)56(50)37-29-31-49-45(33-37)41-19-7-10-25-47(41)55(49)38-30-32-52-46(34-38)42-20-9-12-28-51(42)57-52/h1-34H. The summed E-state index contributed by atoms with van der Waals surface area (Å²) in [6, 6.07) is 74.6. The van der Waals surface area contributed by atoms with Crippen LogP contribution in [0.25, 0.3) is 110 Å². The van der Waals surface area contributed by atoms with Crippen LogP contribution in [0, 0.1) is 0 Å². The van der Waals surface area contributed by atoms with Gasteiger partial charge in [0, 0.05) is 43.7 Å². The lowest BCUT2D eigenvalue weighted by atomic mass is 9.86. The van der Waals surface area contributed by atoms with Gasteiger partial charge in [-0.25, -0.2) is 0 Å². The average molecular weight is 727 g/mol. The Labute approximate surface area is 328 Å². The lowest BCUT2D eigenvalue weighted by molar-refractivity contribution is 0.669. The molecular formula is C54H34N2O. The Balaban J connectivity index is 1.11. The molecule has 266 valence electrons. The maximum Gasteiger partial charge on any atom is 0.135 e. The van der Waals surface area contributed by atoms with Crippen LogP contribution in [0.5, 0.6) is 0 Å². The van der Waals surface area contributed by atoms with Crippen molar-refractivity contribution in [2.45, 2.75) is 0 Å². The van der Waals surface area contributed by atoms with Crippen molar-refractivity contribution in [2.24, 2.45) is 0 Å². The molecule has 12 aromatic rings. The summed E-state index contributed by atoms with van der Waals surface area (Å²) in [6.07, 6.45) is 0. The Bertz CT molecular complexity index is 3450. The molecule has 57 heavy (non-hydrogen) atoms. The molecule has 0 saturated heterocycles. The molecule has 0 unspecified atom stereocenters. The van der Waals surface area contributed by atoms with Gasteiger partial charge in [-0.3, -0.25) is 0 Å². The first-order valence-electron chi connectivity index (χ1n) is 19.5. The fourth-order valence-corrected chi connectivity index (χ4v) is 9.30. The average Bonchev–Trinajstić information content (AvgIpc) is 3.94. The summed E-state index contributed by atoms with van der Waals surface area (Å²) in [5, 5.41) is 7.16. The van der Waals surface area contributed by atoms with E-state index in [1.807, 2.05) is 12.1 Å². The minimum Gasteiger partial charge on any atom is -0.456 e. The van der Waals surface area contributed by atoms with E-state index in [0.717, 1.165) is 38.8 Å². The summed E-state index contributed by atoms with van der Waals surface area (Å²) < 4.78 is 11.1. The van der Waals surface area contributed by atoms with Crippen molar-refractivity contribution < 1.29 is 4.42 Å². The highest BCUT2D eigenvalue weighted by atomic mass is 16.3. The number of benzene rings is 9. The molecular weight excluding hydrogens is 693 g/mol. The van der Waals surface area contributed by atoms with E-state index in [1.54, 1.807) is 0 Å². The van der Waals surface area contributed by atoms with Crippen molar-refractivity contribution in [3.05, 3.63) is 206 Å². The fourth-order valence-electron chi connectivity index (χ4n) is 9.30. The summed E-state index contributed by atoms with van der Waals surface area (Å²) >= 11 is 0. The van der Waals surface area contributed by atoms with Crippen molar-refractivity contribution in [1.82, 2.24) is 9.13 Å². The van der Waals surface area contributed by atoms with Gasteiger partial charge in [-0.2, -0.15) is 0 Å². The second kappa shape index (κ2) is 12.5. The normalized spacial score (nSPS) is 11.9. The van der Waals surface area contributed by atoms with Gasteiger partial charge in [-0.15, -0.1) is 0 Å². The predicted octanol–water partition coefficient (Wildman–Crippen LogP) is 14.8. The van der Waals surface area contributed by atoms with Crippen LogP contribution in [0.3, 0.4) is 0 Å². The van der Waals surface area contributed by atoms with Gasteiger partial charge in [0.1, 0.15) is 11.2 Å². The molecule has 3 heterocycles. The Morgan fingerprint density at radius 1 is 0.298 bits per heavy atom. The van der Waals surface area contributed by atoms with E-state index in [4.69, 9.17) is 4.42 Å². The second-order valence-corrected chi connectivity index (χ2v) is 14.8. The number of furan rings is 1. The van der Waals surface area contributed by atoms with E-state index >= 15 is 0 Å². The van der Waals surface area contributed by atoms with Crippen LogP contribution in [0.1, 0.15) is 0 Å². The Kier molecular flexibility index (Phi) is 6.93. The SMILES string of the molecule is c1ccc(-c2cccc(-c3ccccc3)c2-c2cccc3c2c2ccccc2n3-c2ccc3c(c2)c2ccccc2n3-c2ccc3oc4ccccc4c3c2)cc1. The molecule has 0 aliphatic heterocycles. The van der Waals surface area contributed by atoms with Crippen molar-refractivity contribution in [3.63, 3.8) is 0 Å². The van der Waals surface area contributed by atoms with Gasteiger partial charge in [0.05, 0.1) is 22.1 Å². The maximum atomic E-state index is 6.21. The smallest absolute Gasteiger partial charge is 0.135 e. The van der Waals surface area contributed by atoms with E-state index < -0.39 is 0 Å². The Morgan fingerprint density at radius 3 is 1.53 bits per heavy atom. The lowest BCUT2D eigenvalue weighted by Crippen LogP contribution is -1.96. The third-order valence-electron chi connectivity index (χ3n) is 11.7. The molecule has 0 atom stereocenters. The number of para-hydroxylation sites is 3. The Hall–Kier alpha value is -7.62. The molecule has 0 aliphatic rings. The number of rotatable bonds is 5. The van der Waals surface area contributed by atoms with E-state index in [2.05, 4.69) is 203 Å². The highest BCUT2D eigenvalue weighted by Crippen LogP contribution is 2.46. The molecule has 9 aromatic carbocycles. The molecule has 3 aromatic heterocycles. The number of hydrogen-bond donors (Lipinski definition) is 0. The third kappa shape index (κ3) is 4.79. The zero-order valence-electron chi connectivity index (χ0n) is 30.9. The van der Waals surface area contributed by atoms with Crippen LogP contribution in [0.15, 0.2) is 211 Å². The minimum atomic E-state index is 0.899. The summed E-state index contributed by atoms with van der Waals surface area (Å²) in [4.78, 5) is 0. The van der Waals surface area contributed by atoms with Crippen LogP contribution in [0.4, 0.5) is 0 Å². The molecule has 3 nitrogen and oxygen atoms in total. The zero-order chi connectivity index (χ0) is 37.5. The first kappa shape index (κ1) is 31.7. The first-order chi connectivity index (χ1) is 28.3. The molecule has 0 radical (unpaired) electrons. The quantitative estimate of drug-likeness (QED) is 0.173. The monoisotopic (exact) mass is 726 g/mol. The van der Waals surface area contributed by atoms with Crippen LogP contribution in [0.2, 0.25) is 0 Å². The van der Waals surface area contributed by atoms with Gasteiger partial charge in [0.15, 0.2) is 0 Å². The fraction of sp³-hybridized carbons (Fsp3) is 0. The number of fused-ring (bicyclic) bond motifs is 9. The molecule has 0 N–H and O–H groups in total. The van der Waals surface area contributed by atoms with Crippen molar-refractivity contribution in [3.8, 4) is 44.8 Å². The maximum absolute atomic E-state index is 6.21. The first-order valence-corrected chi connectivity index (χ1v) is 19.5. The van der Waals surface area contributed by atoms with Crippen molar-refractivity contribution >= 4 is 65.6 Å². The predicted molar refractivity (Wildman–Crippen MR) is 239 cm³/mol. The van der Waals surface area contributed by atoms with Crippen LogP contribution in [-0.4, -0.2) is 9.13 Å². The zero-order valence-corrected chi connectivity index (χ0v) is 30.9. The molecule has 12 rings (SSSR count). The van der Waals surface area contributed by atoms with Gasteiger partial charge >= 0.3 is 0 Å². The molecule has 0 spiro atoms. The summed E-state index contributed by atoms with van der Waals surface area (Å²) in [5.74, 6) is 0. The minimum absolute atomic E-state index is 0.899. The summed E-state index contributed by atoms with van der Waals surface area (Å²) in [5.41, 5.74) is 16.0. The van der Waals surface area contributed by atoms with Gasteiger partial charge in [-0.1, -0.05) is 146 Å². The third-order valence-corrected chi connectivity index (χ3v) is 11.7. The lowest BCUT2D eigenvalue weighted by Gasteiger charge is -2.18. The van der Waals surface area contributed by atoms with Crippen LogP contribution < -0.4 is 0 Å². The van der Waals surface area contributed by atoms with Gasteiger partial charge < -0.3 is 13.6 Å². The molecule has 0 amide bonds. The number of aromatic nitrogens is 2. The molecule has 3 heteroatoms. The van der Waals surface area contributed by atoms with E-state index in [-0.39, 0.29) is 0 Å². The van der Waals surface area contributed by atoms with E-state index in [9.17, 15) is 0 Å². The molecule has 0 fully saturated rings. The van der Waals surface area contributed by atoms with Crippen molar-refractivity contribution in [2.75, 3.05) is 0 Å². The molecule has 0 bridgehead atoms. The van der Waals surface area contributed by atoms with Crippen LogP contribution in [-0.2, 0) is 0 Å². The summed E-state index contributed by atoms with van der Waals surface area (Å²) in [7, 11) is 0. The van der Waals surface area contributed by atoms with Crippen LogP contribution >= 0.6 is 0 Å². The molecule has 0 aliphatic carbocycles. The van der Waals surface area contributed by atoms with E-state index in [1.165, 1.54) is 71.5 Å². The van der Waals surface area contributed by atoms with Crippen molar-refractivity contribution in [1.29, 1.82) is 0 Å². The summed E-state index contributed by atoms with van der Waals surface area (Å²) in [6.45, 7) is 0.